The number of allylic oxidation sites excluding steroid dienone is 1. The largest absolute Gasteiger partial charge is 0.256 e. The average Bonchev–Trinajstić information content (AvgIpc) is 3.12. The topological polar surface area (TPSA) is 47.0 Å². The highest BCUT2D eigenvalue weighted by atomic mass is 32.2. The van der Waals surface area contributed by atoms with Crippen LogP contribution in [0.4, 0.5) is 0 Å². The normalized spacial score (nSPS) is 22.2. The number of nitrogens with zero attached hydrogens (tertiary/aromatic N) is 1. The van der Waals surface area contributed by atoms with Gasteiger partial charge in [0.2, 0.25) is 0 Å². The monoisotopic (exact) mass is 409 g/mol. The maximum absolute atomic E-state index is 12.6. The molecule has 0 spiro atoms. The van der Waals surface area contributed by atoms with Gasteiger partial charge in [0.1, 0.15) is 0 Å². The van der Waals surface area contributed by atoms with Crippen LogP contribution in [0.25, 0.3) is 17.3 Å². The molecule has 154 valence electrons. The predicted molar refractivity (Wildman–Crippen MR) is 120 cm³/mol. The number of aromatic nitrogens is 1. The molecule has 1 aromatic heterocycles. The molecule has 0 unspecified atom stereocenters. The SMILES string of the molecule is CC(C)(C)S(=O)(=O)CC1CCC(C2=Cc3cccc(-c4ccccn4)c3C2)CC1. The van der Waals surface area contributed by atoms with E-state index >= 15 is 0 Å². The van der Waals surface area contributed by atoms with Crippen LogP contribution >= 0.6 is 0 Å². The summed E-state index contributed by atoms with van der Waals surface area (Å²) < 4.78 is 24.5. The first-order valence-electron chi connectivity index (χ1n) is 10.7. The summed E-state index contributed by atoms with van der Waals surface area (Å²) in [7, 11) is -3.04. The van der Waals surface area contributed by atoms with Gasteiger partial charge in [-0.05, 0) is 88.0 Å². The van der Waals surface area contributed by atoms with Gasteiger partial charge in [0, 0.05) is 11.8 Å². The third-order valence-corrected chi connectivity index (χ3v) is 9.41. The number of benzene rings is 1. The summed E-state index contributed by atoms with van der Waals surface area (Å²) >= 11 is 0. The highest BCUT2D eigenvalue weighted by Crippen LogP contribution is 2.42. The minimum absolute atomic E-state index is 0.309. The Kier molecular flexibility index (Phi) is 5.41. The van der Waals surface area contributed by atoms with Crippen molar-refractivity contribution in [1.82, 2.24) is 4.98 Å². The van der Waals surface area contributed by atoms with Crippen LogP contribution in [-0.2, 0) is 16.3 Å². The second-order valence-corrected chi connectivity index (χ2v) is 12.4. The second kappa shape index (κ2) is 7.71. The first-order valence-corrected chi connectivity index (χ1v) is 12.4. The van der Waals surface area contributed by atoms with Gasteiger partial charge in [-0.25, -0.2) is 8.42 Å². The van der Waals surface area contributed by atoms with E-state index in [0.29, 0.717) is 17.6 Å². The summed E-state index contributed by atoms with van der Waals surface area (Å²) in [5.41, 5.74) is 6.49. The Morgan fingerprint density at radius 1 is 1.00 bits per heavy atom. The fraction of sp³-hybridized carbons (Fsp3) is 0.480. The van der Waals surface area contributed by atoms with Crippen molar-refractivity contribution in [1.29, 1.82) is 0 Å². The van der Waals surface area contributed by atoms with Crippen LogP contribution in [0.5, 0.6) is 0 Å². The second-order valence-electron chi connectivity index (χ2n) is 9.60. The van der Waals surface area contributed by atoms with Gasteiger partial charge in [-0.15, -0.1) is 0 Å². The van der Waals surface area contributed by atoms with E-state index < -0.39 is 14.6 Å². The van der Waals surface area contributed by atoms with Gasteiger partial charge in [0.15, 0.2) is 9.84 Å². The molecule has 1 saturated carbocycles. The van der Waals surface area contributed by atoms with Crippen LogP contribution in [-0.4, -0.2) is 23.9 Å². The smallest absolute Gasteiger partial charge is 0.155 e. The Morgan fingerprint density at radius 3 is 2.41 bits per heavy atom. The molecule has 2 aromatic rings. The summed E-state index contributed by atoms with van der Waals surface area (Å²) in [5.74, 6) is 1.23. The van der Waals surface area contributed by atoms with Crippen molar-refractivity contribution in [3.63, 3.8) is 0 Å². The van der Waals surface area contributed by atoms with E-state index in [1.807, 2.05) is 39.1 Å². The van der Waals surface area contributed by atoms with Crippen LogP contribution in [0.2, 0.25) is 0 Å². The van der Waals surface area contributed by atoms with Gasteiger partial charge in [0.05, 0.1) is 16.2 Å². The van der Waals surface area contributed by atoms with E-state index in [-0.39, 0.29) is 0 Å². The van der Waals surface area contributed by atoms with E-state index in [1.54, 1.807) is 0 Å². The summed E-state index contributed by atoms with van der Waals surface area (Å²) in [6.07, 6.45) is 9.45. The molecule has 0 aliphatic heterocycles. The van der Waals surface area contributed by atoms with E-state index in [2.05, 4.69) is 35.3 Å². The van der Waals surface area contributed by atoms with Gasteiger partial charge < -0.3 is 0 Å². The number of fused-ring (bicyclic) bond motifs is 1. The highest BCUT2D eigenvalue weighted by Gasteiger charge is 2.34. The fourth-order valence-corrected chi connectivity index (χ4v) is 6.13. The zero-order valence-corrected chi connectivity index (χ0v) is 18.5. The number of hydrogen-bond donors (Lipinski definition) is 0. The lowest BCUT2D eigenvalue weighted by Gasteiger charge is -2.31. The molecule has 0 N–H and O–H groups in total. The molecule has 29 heavy (non-hydrogen) atoms. The summed E-state index contributed by atoms with van der Waals surface area (Å²) in [5, 5.41) is 0. The Bertz CT molecular complexity index is 1010. The fourth-order valence-electron chi connectivity index (χ4n) is 4.68. The molecule has 0 bridgehead atoms. The molecule has 1 heterocycles. The number of hydrogen-bond acceptors (Lipinski definition) is 3. The summed E-state index contributed by atoms with van der Waals surface area (Å²) in [6, 6.07) is 12.6. The summed E-state index contributed by atoms with van der Waals surface area (Å²) in [6.45, 7) is 5.44. The molecule has 2 aliphatic rings. The molecule has 3 nitrogen and oxygen atoms in total. The van der Waals surface area contributed by atoms with Gasteiger partial charge in [-0.2, -0.15) is 0 Å². The minimum Gasteiger partial charge on any atom is -0.256 e. The zero-order valence-electron chi connectivity index (χ0n) is 17.7. The van der Waals surface area contributed by atoms with E-state index in [0.717, 1.165) is 37.8 Å². The number of rotatable bonds is 4. The maximum atomic E-state index is 12.6. The van der Waals surface area contributed by atoms with Crippen LogP contribution in [0.3, 0.4) is 0 Å². The van der Waals surface area contributed by atoms with Crippen molar-refractivity contribution >= 4 is 15.9 Å². The van der Waals surface area contributed by atoms with Gasteiger partial charge in [-0.1, -0.05) is 35.9 Å². The van der Waals surface area contributed by atoms with Gasteiger partial charge >= 0.3 is 0 Å². The molecule has 1 aromatic carbocycles. The maximum Gasteiger partial charge on any atom is 0.155 e. The molecule has 2 aliphatic carbocycles. The molecule has 4 heteroatoms. The average molecular weight is 410 g/mol. The lowest BCUT2D eigenvalue weighted by molar-refractivity contribution is 0.319. The lowest BCUT2D eigenvalue weighted by atomic mass is 9.78. The van der Waals surface area contributed by atoms with E-state index in [1.165, 1.54) is 22.3 Å². The predicted octanol–water partition coefficient (Wildman–Crippen LogP) is 5.71. The molecule has 1 fully saturated rings. The van der Waals surface area contributed by atoms with Crippen LogP contribution in [0.1, 0.15) is 57.6 Å². The molecular weight excluding hydrogens is 378 g/mol. The van der Waals surface area contributed by atoms with Crippen LogP contribution in [0, 0.1) is 11.8 Å². The van der Waals surface area contributed by atoms with Crippen molar-refractivity contribution in [2.45, 2.75) is 57.6 Å². The van der Waals surface area contributed by atoms with Crippen molar-refractivity contribution in [3.05, 3.63) is 59.3 Å². The van der Waals surface area contributed by atoms with Crippen LogP contribution < -0.4 is 0 Å². The quantitative estimate of drug-likeness (QED) is 0.650. The molecule has 0 radical (unpaired) electrons. The molecular formula is C25H31NO2S. The Morgan fingerprint density at radius 2 is 1.76 bits per heavy atom. The van der Waals surface area contributed by atoms with E-state index in [4.69, 9.17) is 0 Å². The minimum atomic E-state index is -3.04. The Labute approximate surface area is 175 Å². The molecule has 0 atom stereocenters. The third-order valence-electron chi connectivity index (χ3n) is 6.63. The number of sulfone groups is 1. The van der Waals surface area contributed by atoms with Gasteiger partial charge in [0.25, 0.3) is 0 Å². The van der Waals surface area contributed by atoms with Crippen molar-refractivity contribution in [2.24, 2.45) is 11.8 Å². The van der Waals surface area contributed by atoms with Crippen molar-refractivity contribution < 1.29 is 8.42 Å². The lowest BCUT2D eigenvalue weighted by Crippen LogP contribution is -2.34. The Hall–Kier alpha value is -1.94. The zero-order chi connectivity index (χ0) is 20.6. The molecule has 4 rings (SSSR count). The first-order chi connectivity index (χ1) is 13.7. The van der Waals surface area contributed by atoms with Gasteiger partial charge in [-0.3, -0.25) is 4.98 Å². The van der Waals surface area contributed by atoms with Crippen molar-refractivity contribution in [2.75, 3.05) is 5.75 Å². The van der Waals surface area contributed by atoms with E-state index in [9.17, 15) is 8.42 Å². The highest BCUT2D eigenvalue weighted by molar-refractivity contribution is 7.92. The first kappa shape index (κ1) is 20.3. The van der Waals surface area contributed by atoms with Crippen molar-refractivity contribution in [3.8, 4) is 11.3 Å². The van der Waals surface area contributed by atoms with Crippen LogP contribution in [0.15, 0.2) is 48.2 Å². The Balaban J connectivity index is 1.43. The number of pyridine rings is 1. The molecule has 0 amide bonds. The molecule has 0 saturated heterocycles. The summed E-state index contributed by atoms with van der Waals surface area (Å²) in [4.78, 5) is 4.55. The third kappa shape index (κ3) is 4.18. The standard InChI is InChI=1S/C25H31NO2S/c1-25(2,3)29(27,28)17-18-10-12-19(13-11-18)21-15-20-7-6-8-22(23(20)16-21)24-9-4-5-14-26-24/h4-9,14-15,18-19H,10-13,16-17H2,1-3H3.